The summed E-state index contributed by atoms with van der Waals surface area (Å²) in [6.45, 7) is 4.29. The van der Waals surface area contributed by atoms with Crippen molar-refractivity contribution in [3.05, 3.63) is 0 Å². The minimum Gasteiger partial charge on any atom is -0.481 e. The van der Waals surface area contributed by atoms with Crippen LogP contribution in [0.1, 0.15) is 90.9 Å². The predicted molar refractivity (Wildman–Crippen MR) is 80.5 cm³/mol. The van der Waals surface area contributed by atoms with Crippen molar-refractivity contribution < 1.29 is 14.7 Å². The number of unbranched alkanes of at least 4 members (excludes halogenated alkanes) is 9. The summed E-state index contributed by atoms with van der Waals surface area (Å²) in [4.78, 5) is 19.8. The van der Waals surface area contributed by atoms with Gasteiger partial charge in [0.15, 0.2) is 0 Å². The zero-order chi connectivity index (χ0) is 14.8. The topological polar surface area (TPSA) is 54.4 Å². The van der Waals surface area contributed by atoms with Gasteiger partial charge in [-0.15, -0.1) is 0 Å². The normalized spacial score (nSPS) is 9.58. The number of aldehydes is 1. The molecule has 0 amide bonds. The molecule has 1 N–H and O–H groups in total. The van der Waals surface area contributed by atoms with Gasteiger partial charge in [-0.3, -0.25) is 4.79 Å². The maximum Gasteiger partial charge on any atom is 0.303 e. The van der Waals surface area contributed by atoms with Crippen LogP contribution >= 0.6 is 0 Å². The Hall–Kier alpha value is -0.860. The SMILES string of the molecule is CCCCCC(=O)O.CCCCCCCCCC=O. The molecule has 0 spiro atoms. The molecule has 0 saturated heterocycles. The molecule has 0 aliphatic rings. The largest absolute Gasteiger partial charge is 0.481 e. The van der Waals surface area contributed by atoms with Gasteiger partial charge in [0.05, 0.1) is 0 Å². The van der Waals surface area contributed by atoms with Gasteiger partial charge in [-0.1, -0.05) is 65.2 Å². The van der Waals surface area contributed by atoms with Gasteiger partial charge >= 0.3 is 5.97 Å². The number of carbonyl (C=O) groups excluding carboxylic acids is 1. The van der Waals surface area contributed by atoms with E-state index in [4.69, 9.17) is 5.11 Å². The molecule has 0 aromatic carbocycles. The van der Waals surface area contributed by atoms with E-state index in [1.165, 1.54) is 38.5 Å². The minimum atomic E-state index is -0.682. The first-order valence-electron chi connectivity index (χ1n) is 7.84. The zero-order valence-electron chi connectivity index (χ0n) is 12.8. The van der Waals surface area contributed by atoms with E-state index in [0.717, 1.165) is 38.4 Å². The monoisotopic (exact) mass is 272 g/mol. The van der Waals surface area contributed by atoms with Gasteiger partial charge < -0.3 is 9.90 Å². The number of carboxylic acids is 1. The molecule has 3 heteroatoms. The average Bonchev–Trinajstić information content (AvgIpc) is 2.39. The molecule has 0 rings (SSSR count). The Morgan fingerprint density at radius 1 is 0.842 bits per heavy atom. The fourth-order valence-corrected chi connectivity index (χ4v) is 1.71. The molecule has 0 radical (unpaired) electrons. The lowest BCUT2D eigenvalue weighted by molar-refractivity contribution is -0.137. The van der Waals surface area contributed by atoms with Crippen molar-refractivity contribution in [3.8, 4) is 0 Å². The van der Waals surface area contributed by atoms with Gasteiger partial charge in [0.2, 0.25) is 0 Å². The highest BCUT2D eigenvalue weighted by Crippen LogP contribution is 2.07. The molecule has 0 aromatic rings. The first-order valence-corrected chi connectivity index (χ1v) is 7.84. The Kier molecular flexibility index (Phi) is 21.0. The zero-order valence-corrected chi connectivity index (χ0v) is 12.8. The van der Waals surface area contributed by atoms with Crippen LogP contribution in [-0.2, 0) is 9.59 Å². The first-order chi connectivity index (χ1) is 9.18. The van der Waals surface area contributed by atoms with E-state index in [2.05, 4.69) is 13.8 Å². The summed E-state index contributed by atoms with van der Waals surface area (Å²) in [6, 6.07) is 0. The highest BCUT2D eigenvalue weighted by molar-refractivity contribution is 5.66. The third-order valence-corrected chi connectivity index (χ3v) is 2.92. The summed E-state index contributed by atoms with van der Waals surface area (Å²) in [6.07, 6.45) is 14.1. The van der Waals surface area contributed by atoms with Gasteiger partial charge in [0, 0.05) is 12.8 Å². The minimum absolute atomic E-state index is 0.327. The van der Waals surface area contributed by atoms with E-state index in [1.54, 1.807) is 0 Å². The predicted octanol–water partition coefficient (Wildman–Crippen LogP) is 4.98. The third-order valence-electron chi connectivity index (χ3n) is 2.92. The first kappa shape index (κ1) is 20.5. The van der Waals surface area contributed by atoms with Crippen LogP contribution in [0, 0.1) is 0 Å². The van der Waals surface area contributed by atoms with Gasteiger partial charge in [0.25, 0.3) is 0 Å². The van der Waals surface area contributed by atoms with Crippen molar-refractivity contribution in [3.63, 3.8) is 0 Å². The van der Waals surface area contributed by atoms with Crippen LogP contribution in [0.15, 0.2) is 0 Å². The van der Waals surface area contributed by atoms with Crippen LogP contribution < -0.4 is 0 Å². The lowest BCUT2D eigenvalue weighted by Crippen LogP contribution is -1.92. The fraction of sp³-hybridized carbons (Fsp3) is 0.875. The van der Waals surface area contributed by atoms with E-state index < -0.39 is 5.97 Å². The van der Waals surface area contributed by atoms with E-state index >= 15 is 0 Å². The number of carbonyl (C=O) groups is 2. The molecule has 0 aromatic heterocycles. The molecule has 0 aliphatic carbocycles. The molecule has 0 heterocycles. The maximum absolute atomic E-state index is 9.94. The van der Waals surface area contributed by atoms with Crippen molar-refractivity contribution in [1.82, 2.24) is 0 Å². The average molecular weight is 272 g/mol. The molecule has 0 bridgehead atoms. The van der Waals surface area contributed by atoms with Crippen LogP contribution in [0.25, 0.3) is 0 Å². The van der Waals surface area contributed by atoms with Gasteiger partial charge in [-0.2, -0.15) is 0 Å². The van der Waals surface area contributed by atoms with E-state index in [1.807, 2.05) is 0 Å². The van der Waals surface area contributed by atoms with Crippen molar-refractivity contribution >= 4 is 12.3 Å². The molecular weight excluding hydrogens is 240 g/mol. The van der Waals surface area contributed by atoms with Gasteiger partial charge in [-0.05, 0) is 12.8 Å². The Morgan fingerprint density at radius 3 is 1.79 bits per heavy atom. The Balaban J connectivity index is 0. The number of rotatable bonds is 12. The smallest absolute Gasteiger partial charge is 0.303 e. The Morgan fingerprint density at radius 2 is 1.32 bits per heavy atom. The third kappa shape index (κ3) is 26.7. The number of hydrogen-bond donors (Lipinski definition) is 1. The molecule has 19 heavy (non-hydrogen) atoms. The van der Waals surface area contributed by atoms with Crippen LogP contribution in [-0.4, -0.2) is 17.4 Å². The fourth-order valence-electron chi connectivity index (χ4n) is 1.71. The van der Waals surface area contributed by atoms with Crippen LogP contribution in [0.4, 0.5) is 0 Å². The second-order valence-electron chi connectivity index (χ2n) is 4.93. The van der Waals surface area contributed by atoms with Crippen molar-refractivity contribution in [1.29, 1.82) is 0 Å². The lowest BCUT2D eigenvalue weighted by Gasteiger charge is -1.97. The molecule has 0 atom stereocenters. The molecule has 0 fully saturated rings. The highest BCUT2D eigenvalue weighted by Gasteiger charge is 1.92. The highest BCUT2D eigenvalue weighted by atomic mass is 16.4. The quantitative estimate of drug-likeness (QED) is 0.403. The molecule has 0 saturated carbocycles. The van der Waals surface area contributed by atoms with Crippen LogP contribution in [0.5, 0.6) is 0 Å². The Labute approximate surface area is 118 Å². The van der Waals surface area contributed by atoms with E-state index in [0.29, 0.717) is 6.42 Å². The summed E-state index contributed by atoms with van der Waals surface area (Å²) >= 11 is 0. The lowest BCUT2D eigenvalue weighted by atomic mass is 10.1. The molecule has 3 nitrogen and oxygen atoms in total. The summed E-state index contributed by atoms with van der Waals surface area (Å²) in [5, 5.41) is 8.14. The Bertz CT molecular complexity index is 190. The van der Waals surface area contributed by atoms with Crippen molar-refractivity contribution in [2.75, 3.05) is 0 Å². The number of aliphatic carboxylic acids is 1. The van der Waals surface area contributed by atoms with E-state index in [-0.39, 0.29) is 0 Å². The number of carboxylic acid groups (broad SMARTS) is 1. The van der Waals surface area contributed by atoms with Gasteiger partial charge in [0.1, 0.15) is 6.29 Å². The maximum atomic E-state index is 9.94. The second-order valence-corrected chi connectivity index (χ2v) is 4.93. The standard InChI is InChI=1S/C10H20O.C6H12O2/c1-2-3-4-5-6-7-8-9-10-11;1-2-3-4-5-6(7)8/h10H,2-9H2,1H3;2-5H2,1H3,(H,7,8). The summed E-state index contributed by atoms with van der Waals surface area (Å²) in [5.74, 6) is -0.682. The van der Waals surface area contributed by atoms with Crippen LogP contribution in [0.2, 0.25) is 0 Å². The number of hydrogen-bond acceptors (Lipinski definition) is 2. The second kappa shape index (κ2) is 19.5. The molecular formula is C16H32O3. The van der Waals surface area contributed by atoms with Gasteiger partial charge in [-0.25, -0.2) is 0 Å². The van der Waals surface area contributed by atoms with Crippen molar-refractivity contribution in [2.45, 2.75) is 90.9 Å². The summed E-state index contributed by atoms with van der Waals surface area (Å²) in [7, 11) is 0. The summed E-state index contributed by atoms with van der Waals surface area (Å²) < 4.78 is 0. The molecule has 0 aliphatic heterocycles. The van der Waals surface area contributed by atoms with Crippen molar-refractivity contribution in [2.24, 2.45) is 0 Å². The molecule has 0 unspecified atom stereocenters. The van der Waals surface area contributed by atoms with Crippen LogP contribution in [0.3, 0.4) is 0 Å². The molecule has 114 valence electrons. The van der Waals surface area contributed by atoms with E-state index in [9.17, 15) is 9.59 Å². The summed E-state index contributed by atoms with van der Waals surface area (Å²) in [5.41, 5.74) is 0.